The zero-order chi connectivity index (χ0) is 93.7. The van der Waals surface area contributed by atoms with E-state index in [1.807, 2.05) is 108 Å². The van der Waals surface area contributed by atoms with E-state index in [1.165, 1.54) is 122 Å². The summed E-state index contributed by atoms with van der Waals surface area (Å²) in [6.07, 6.45) is 0. The molecule has 0 bridgehead atoms. The third-order valence-electron chi connectivity index (χ3n) is 27.5. The first-order valence-electron chi connectivity index (χ1n) is 47.7. The van der Waals surface area contributed by atoms with E-state index in [4.69, 9.17) is 34.9 Å². The molecule has 0 N–H and O–H groups in total. The van der Waals surface area contributed by atoms with E-state index in [0.717, 1.165) is 111 Å². The summed E-state index contributed by atoms with van der Waals surface area (Å²) in [4.78, 5) is 35.9. The van der Waals surface area contributed by atoms with E-state index in [1.54, 1.807) is 0 Å². The Bertz CT molecular complexity index is 9470. The van der Waals surface area contributed by atoms with Crippen molar-refractivity contribution < 1.29 is 0 Å². The van der Waals surface area contributed by atoms with Crippen molar-refractivity contribution in [3.05, 3.63) is 491 Å². The highest BCUT2D eigenvalue weighted by Crippen LogP contribution is 2.47. The SMILES string of the molecule is c1ccc(-c2cc(-c3ccccc3)nc(-n3c4ccccc4c4cc(-c5cccc6c5sc5ccccc56)ccc43)n2)cc1.c1ccc(-c2cc(-c3ccccc3)nc(-n3c4ccccc4c4ccc(-c5ccc6c(c5)c5ccccc5n6-c5cccc6ccccc56)cc43)n2)cc1.c1ccc(-c2nc(-c3ccccc3)nc(-n3c4ccccc4c4cc(-c5cccc6c5sc5ccccc56)ccc43)n2)cc1. The number of thiophene rings is 2. The van der Waals surface area contributed by atoms with E-state index >= 15 is 0 Å². The topological polar surface area (TPSA) is 110 Å². The molecule has 0 aliphatic rings. The second-order valence-corrected chi connectivity index (χ2v) is 37.9. The summed E-state index contributed by atoms with van der Waals surface area (Å²) in [7, 11) is 0. The molecule has 0 saturated heterocycles. The molecule has 20 aromatic carbocycles. The van der Waals surface area contributed by atoms with Crippen LogP contribution in [-0.2, 0) is 0 Å². The lowest BCUT2D eigenvalue weighted by atomic mass is 10.0. The van der Waals surface area contributed by atoms with E-state index in [-0.39, 0.29) is 0 Å². The maximum atomic E-state index is 5.25. The first-order chi connectivity index (χ1) is 70.4. The second kappa shape index (κ2) is 34.9. The lowest BCUT2D eigenvalue weighted by Gasteiger charge is -2.12. The largest absolute Gasteiger partial charge is 0.309 e. The molecule has 0 aliphatic carbocycles. The third kappa shape index (κ3) is 14.5. The van der Waals surface area contributed by atoms with Crippen LogP contribution in [0.15, 0.2) is 491 Å². The minimum atomic E-state index is 0.600. The van der Waals surface area contributed by atoms with Gasteiger partial charge in [-0.15, -0.1) is 22.7 Å². The molecule has 142 heavy (non-hydrogen) atoms. The van der Waals surface area contributed by atoms with Crippen molar-refractivity contribution in [1.29, 1.82) is 0 Å². The van der Waals surface area contributed by atoms with Gasteiger partial charge in [-0.05, 0) is 136 Å². The van der Waals surface area contributed by atoms with Gasteiger partial charge >= 0.3 is 0 Å². The van der Waals surface area contributed by atoms with Crippen molar-refractivity contribution in [2.24, 2.45) is 0 Å². The quantitative estimate of drug-likeness (QED) is 0.113. The molecule has 0 saturated carbocycles. The molecular formula is C129H81N11S2. The summed E-state index contributed by atoms with van der Waals surface area (Å²) in [5.41, 5.74) is 26.9. The fraction of sp³-hybridized carbons (Fsp3) is 0. The average molecular weight is 1850 g/mol. The highest BCUT2D eigenvalue weighted by atomic mass is 32.1. The molecule has 9 heterocycles. The Morgan fingerprint density at radius 1 is 0.155 bits per heavy atom. The van der Waals surface area contributed by atoms with Gasteiger partial charge in [-0.2, -0.15) is 9.97 Å². The van der Waals surface area contributed by atoms with Gasteiger partial charge in [0.1, 0.15) is 0 Å². The number of para-hydroxylation sites is 4. The van der Waals surface area contributed by atoms with Crippen LogP contribution in [0.3, 0.4) is 0 Å². The van der Waals surface area contributed by atoms with E-state index in [0.29, 0.717) is 29.5 Å². The van der Waals surface area contributed by atoms with Crippen LogP contribution in [0.1, 0.15) is 0 Å². The Kier molecular flexibility index (Phi) is 20.4. The van der Waals surface area contributed by atoms with E-state index in [9.17, 15) is 0 Å². The summed E-state index contributed by atoms with van der Waals surface area (Å²) in [6, 6.07) is 173. The number of hydrogen-bond acceptors (Lipinski definition) is 9. The molecule has 0 fully saturated rings. The molecular weight excluding hydrogens is 1770 g/mol. The van der Waals surface area contributed by atoms with Crippen molar-refractivity contribution in [2.45, 2.75) is 0 Å². The molecule has 29 rings (SSSR count). The van der Waals surface area contributed by atoms with Crippen LogP contribution in [0.4, 0.5) is 0 Å². The molecule has 11 nitrogen and oxygen atoms in total. The minimum Gasteiger partial charge on any atom is -0.309 e. The Labute approximate surface area is 824 Å². The highest BCUT2D eigenvalue weighted by Gasteiger charge is 2.26. The van der Waals surface area contributed by atoms with Crippen LogP contribution in [0.25, 0.3) is 263 Å². The zero-order valence-corrected chi connectivity index (χ0v) is 78.1. The standard InChI is InChI=1S/C50H32N4.C40H25N3S.C39H24N4S/c1-3-15-34(16-4-1)43-32-44(35-17-5-2-6-18-35)52-50(51-43)54-47-24-12-9-21-39(47)41-28-26-37(31-49(41)54)36-27-29-48-42(30-36)40-22-10-11-23-46(40)53(48)45-25-13-19-33-14-7-8-20-38(33)45;1-3-12-26(13-4-1)34-25-35(27-14-5-2-6-15-27)42-40(41-34)43-36-20-9-7-16-30(36)33-24-28(22-23-37(33)43)29-18-11-19-32-31-17-8-10-21-38(31)44-39(29)32;1-3-12-25(13-4-1)37-40-38(26-14-5-2-6-15-26)42-39(41-37)43-33-20-9-7-16-29(33)32-24-27(22-23-34(32)43)28-18-11-19-31-30-17-8-10-21-35(30)44-36(28)31/h1-32H;1-25H;1-24H. The van der Waals surface area contributed by atoms with Gasteiger partial charge in [0.15, 0.2) is 11.6 Å². The van der Waals surface area contributed by atoms with Gasteiger partial charge in [-0.25, -0.2) is 24.9 Å². The molecule has 664 valence electrons. The molecule has 0 amide bonds. The smallest absolute Gasteiger partial charge is 0.238 e. The predicted octanol–water partition coefficient (Wildman–Crippen LogP) is 34.1. The Hall–Kier alpha value is -18.5. The van der Waals surface area contributed by atoms with E-state index in [2.05, 4.69) is 425 Å². The normalized spacial score (nSPS) is 11.7. The number of aromatic nitrogens is 11. The van der Waals surface area contributed by atoms with E-state index < -0.39 is 0 Å². The number of hydrogen-bond donors (Lipinski definition) is 0. The Morgan fingerprint density at radius 2 is 0.444 bits per heavy atom. The Morgan fingerprint density at radius 3 is 0.880 bits per heavy atom. The molecule has 0 atom stereocenters. The highest BCUT2D eigenvalue weighted by molar-refractivity contribution is 7.26. The molecule has 29 aromatic rings. The third-order valence-corrected chi connectivity index (χ3v) is 29.9. The fourth-order valence-corrected chi connectivity index (χ4v) is 23.3. The molecule has 0 unspecified atom stereocenters. The van der Waals surface area contributed by atoms with Gasteiger partial charge in [-0.3, -0.25) is 13.7 Å². The Balaban J connectivity index is 0.000000107. The van der Waals surface area contributed by atoms with Crippen LogP contribution in [-0.4, -0.2) is 53.2 Å². The molecule has 0 spiro atoms. The first-order valence-corrected chi connectivity index (χ1v) is 49.4. The molecule has 0 radical (unpaired) electrons. The molecule has 9 aromatic heterocycles. The van der Waals surface area contributed by atoms with Crippen LogP contribution in [0.2, 0.25) is 0 Å². The van der Waals surface area contributed by atoms with Crippen molar-refractivity contribution >= 4 is 161 Å². The number of benzene rings is 20. The lowest BCUT2D eigenvalue weighted by Crippen LogP contribution is -2.06. The maximum Gasteiger partial charge on any atom is 0.238 e. The second-order valence-electron chi connectivity index (χ2n) is 35.8. The van der Waals surface area contributed by atoms with Crippen LogP contribution >= 0.6 is 22.7 Å². The van der Waals surface area contributed by atoms with Gasteiger partial charge in [0.2, 0.25) is 17.8 Å². The fourth-order valence-electron chi connectivity index (χ4n) is 20.8. The monoisotopic (exact) mass is 1850 g/mol. The summed E-state index contributed by atoms with van der Waals surface area (Å²) in [6.45, 7) is 0. The van der Waals surface area contributed by atoms with Crippen molar-refractivity contribution in [3.63, 3.8) is 0 Å². The molecule has 0 aliphatic heterocycles. The van der Waals surface area contributed by atoms with Gasteiger partial charge in [0, 0.05) is 122 Å². The number of nitrogens with zero attached hydrogens (tertiary/aromatic N) is 11. The van der Waals surface area contributed by atoms with Crippen LogP contribution in [0.5, 0.6) is 0 Å². The van der Waals surface area contributed by atoms with Crippen molar-refractivity contribution in [1.82, 2.24) is 53.2 Å². The zero-order valence-electron chi connectivity index (χ0n) is 76.5. The summed E-state index contributed by atoms with van der Waals surface area (Å²) in [5.74, 6) is 3.20. The number of rotatable bonds is 13. The first kappa shape index (κ1) is 82.9. The average Bonchev–Trinajstić information content (AvgIpc) is 1.69. The van der Waals surface area contributed by atoms with Crippen LogP contribution in [0, 0.1) is 0 Å². The van der Waals surface area contributed by atoms with Crippen molar-refractivity contribution in [3.8, 4) is 125 Å². The van der Waals surface area contributed by atoms with Gasteiger partial charge in [0.05, 0.1) is 72.6 Å². The number of fused-ring (bicyclic) bond motifs is 19. The molecule has 13 heteroatoms. The van der Waals surface area contributed by atoms with Gasteiger partial charge in [-0.1, -0.05) is 394 Å². The summed E-state index contributed by atoms with van der Waals surface area (Å²) >= 11 is 3.73. The lowest BCUT2D eigenvalue weighted by molar-refractivity contribution is 0.953. The van der Waals surface area contributed by atoms with Gasteiger partial charge < -0.3 is 4.57 Å². The summed E-state index contributed by atoms with van der Waals surface area (Å²) < 4.78 is 14.3. The minimum absolute atomic E-state index is 0.600. The van der Waals surface area contributed by atoms with Gasteiger partial charge in [0.25, 0.3) is 0 Å². The summed E-state index contributed by atoms with van der Waals surface area (Å²) in [5, 5.41) is 17.2. The maximum absolute atomic E-state index is 5.25. The van der Waals surface area contributed by atoms with Crippen molar-refractivity contribution in [2.75, 3.05) is 0 Å². The van der Waals surface area contributed by atoms with Crippen LogP contribution < -0.4 is 0 Å². The predicted molar refractivity (Wildman–Crippen MR) is 593 cm³/mol.